The van der Waals surface area contributed by atoms with Gasteiger partial charge in [-0.1, -0.05) is 23.8 Å². The van der Waals surface area contributed by atoms with Crippen LogP contribution in [0.1, 0.15) is 22.3 Å². The Bertz CT molecular complexity index is 759. The summed E-state index contributed by atoms with van der Waals surface area (Å²) < 4.78 is 0. The van der Waals surface area contributed by atoms with E-state index in [1.54, 1.807) is 12.1 Å². The molecule has 0 aliphatic carbocycles. The Balaban J connectivity index is 2.15. The van der Waals surface area contributed by atoms with Crippen molar-refractivity contribution in [2.45, 2.75) is 27.7 Å². The first-order valence-corrected chi connectivity index (χ1v) is 7.34. The zero-order valence-corrected chi connectivity index (χ0v) is 13.8. The van der Waals surface area contributed by atoms with Gasteiger partial charge in [0.25, 0.3) is 0 Å². The molecule has 0 saturated heterocycles. The minimum Gasteiger partial charge on any atom is -0.397 e. The van der Waals surface area contributed by atoms with E-state index in [-0.39, 0.29) is 0 Å². The number of anilines is 3. The van der Waals surface area contributed by atoms with Crippen molar-refractivity contribution in [2.75, 3.05) is 16.4 Å². The van der Waals surface area contributed by atoms with Crippen molar-refractivity contribution in [2.24, 2.45) is 0 Å². The molecule has 0 unspecified atom stereocenters. The van der Waals surface area contributed by atoms with Gasteiger partial charge >= 0.3 is 11.8 Å². The highest BCUT2D eigenvalue weighted by atomic mass is 16.2. The number of benzene rings is 2. The molecule has 120 valence electrons. The molecule has 0 aromatic heterocycles. The van der Waals surface area contributed by atoms with Gasteiger partial charge < -0.3 is 16.4 Å². The summed E-state index contributed by atoms with van der Waals surface area (Å²) in [7, 11) is 0. The van der Waals surface area contributed by atoms with Crippen LogP contribution >= 0.6 is 0 Å². The number of hydrogen-bond donors (Lipinski definition) is 3. The third kappa shape index (κ3) is 3.88. The highest BCUT2D eigenvalue weighted by molar-refractivity contribution is 6.44. The predicted molar refractivity (Wildman–Crippen MR) is 93.5 cm³/mol. The van der Waals surface area contributed by atoms with E-state index in [1.165, 1.54) is 0 Å². The molecule has 23 heavy (non-hydrogen) atoms. The Morgan fingerprint density at radius 3 is 2.00 bits per heavy atom. The van der Waals surface area contributed by atoms with Crippen molar-refractivity contribution in [1.82, 2.24) is 0 Å². The molecule has 0 atom stereocenters. The van der Waals surface area contributed by atoms with Crippen LogP contribution in [-0.2, 0) is 9.59 Å². The van der Waals surface area contributed by atoms with E-state index in [2.05, 4.69) is 10.6 Å². The summed E-state index contributed by atoms with van der Waals surface area (Å²) >= 11 is 0. The zero-order valence-electron chi connectivity index (χ0n) is 13.8. The van der Waals surface area contributed by atoms with Gasteiger partial charge in [-0.2, -0.15) is 0 Å². The normalized spacial score (nSPS) is 10.3. The minimum absolute atomic E-state index is 0.416. The highest BCUT2D eigenvalue weighted by Crippen LogP contribution is 2.22. The van der Waals surface area contributed by atoms with Gasteiger partial charge in [0.1, 0.15) is 0 Å². The second kappa shape index (κ2) is 6.52. The molecule has 0 heterocycles. The molecule has 0 fully saturated rings. The largest absolute Gasteiger partial charge is 0.397 e. The van der Waals surface area contributed by atoms with Crippen LogP contribution in [0, 0.1) is 27.7 Å². The van der Waals surface area contributed by atoms with Gasteiger partial charge in [-0.25, -0.2) is 0 Å². The van der Waals surface area contributed by atoms with E-state index in [4.69, 9.17) is 5.73 Å². The fraction of sp³-hybridized carbons (Fsp3) is 0.222. The molecule has 0 radical (unpaired) electrons. The van der Waals surface area contributed by atoms with Gasteiger partial charge in [-0.3, -0.25) is 9.59 Å². The van der Waals surface area contributed by atoms with Gasteiger partial charge in [0.15, 0.2) is 0 Å². The summed E-state index contributed by atoms with van der Waals surface area (Å²) in [6.07, 6.45) is 0. The zero-order chi connectivity index (χ0) is 17.1. The molecule has 5 heteroatoms. The smallest absolute Gasteiger partial charge is 0.314 e. The molecule has 2 aromatic carbocycles. The number of hydrogen-bond acceptors (Lipinski definition) is 3. The summed E-state index contributed by atoms with van der Waals surface area (Å²) in [5.41, 5.74) is 11.2. The second-order valence-electron chi connectivity index (χ2n) is 5.77. The van der Waals surface area contributed by atoms with E-state index < -0.39 is 11.8 Å². The lowest BCUT2D eigenvalue weighted by Crippen LogP contribution is -2.30. The van der Waals surface area contributed by atoms with Gasteiger partial charge in [0.2, 0.25) is 0 Å². The maximum absolute atomic E-state index is 12.1. The first-order valence-electron chi connectivity index (χ1n) is 7.34. The molecule has 4 N–H and O–H groups in total. The third-order valence-electron chi connectivity index (χ3n) is 3.58. The fourth-order valence-corrected chi connectivity index (χ4v) is 2.50. The number of carbonyl (C=O) groups excluding carboxylic acids is 2. The second-order valence-corrected chi connectivity index (χ2v) is 5.77. The van der Waals surface area contributed by atoms with Crippen molar-refractivity contribution >= 4 is 28.9 Å². The van der Waals surface area contributed by atoms with Crippen molar-refractivity contribution in [3.8, 4) is 0 Å². The van der Waals surface area contributed by atoms with Crippen molar-refractivity contribution in [3.05, 3.63) is 52.6 Å². The minimum atomic E-state index is -0.748. The number of aryl methyl sites for hydroxylation is 4. The standard InChI is InChI=1S/C18H21N3O2/c1-10-5-6-14(19)15(9-10)20-17(22)18(23)21-16-12(3)7-11(2)8-13(16)4/h5-9H,19H2,1-4H3,(H,20,22)(H,21,23). The quantitative estimate of drug-likeness (QED) is 0.588. The van der Waals surface area contributed by atoms with E-state index >= 15 is 0 Å². The Hall–Kier alpha value is -2.82. The molecular formula is C18H21N3O2. The lowest BCUT2D eigenvalue weighted by molar-refractivity contribution is -0.133. The summed E-state index contributed by atoms with van der Waals surface area (Å²) in [6, 6.07) is 9.17. The van der Waals surface area contributed by atoms with Crippen molar-refractivity contribution in [1.29, 1.82) is 0 Å². The van der Waals surface area contributed by atoms with Crippen LogP contribution in [0.4, 0.5) is 17.1 Å². The lowest BCUT2D eigenvalue weighted by Gasteiger charge is -2.13. The average Bonchev–Trinajstić information content (AvgIpc) is 2.46. The Morgan fingerprint density at radius 1 is 0.826 bits per heavy atom. The highest BCUT2D eigenvalue weighted by Gasteiger charge is 2.17. The van der Waals surface area contributed by atoms with Crippen LogP contribution in [0.25, 0.3) is 0 Å². The SMILES string of the molecule is Cc1cc(C)c(NC(=O)C(=O)Nc2cc(C)ccc2N)c(C)c1. The van der Waals surface area contributed by atoms with Gasteiger partial charge in [-0.15, -0.1) is 0 Å². The van der Waals surface area contributed by atoms with Crippen LogP contribution in [0.3, 0.4) is 0 Å². The molecule has 0 aliphatic rings. The topological polar surface area (TPSA) is 84.2 Å². The summed E-state index contributed by atoms with van der Waals surface area (Å²) in [5.74, 6) is -1.47. The Labute approximate surface area is 135 Å². The lowest BCUT2D eigenvalue weighted by atomic mass is 10.1. The molecule has 2 amide bonds. The van der Waals surface area contributed by atoms with E-state index in [1.807, 2.05) is 45.9 Å². The average molecular weight is 311 g/mol. The van der Waals surface area contributed by atoms with E-state index in [0.29, 0.717) is 17.1 Å². The maximum atomic E-state index is 12.1. The van der Waals surface area contributed by atoms with E-state index in [0.717, 1.165) is 22.3 Å². The number of nitrogens with one attached hydrogen (secondary N) is 2. The number of amides is 2. The van der Waals surface area contributed by atoms with Crippen LogP contribution in [-0.4, -0.2) is 11.8 Å². The number of nitrogen functional groups attached to an aromatic ring is 1. The summed E-state index contributed by atoms with van der Waals surface area (Å²) in [4.78, 5) is 24.2. The molecule has 5 nitrogen and oxygen atoms in total. The fourth-order valence-electron chi connectivity index (χ4n) is 2.50. The Morgan fingerprint density at radius 2 is 1.39 bits per heavy atom. The van der Waals surface area contributed by atoms with Crippen LogP contribution in [0.2, 0.25) is 0 Å². The number of nitrogens with two attached hydrogens (primary N) is 1. The van der Waals surface area contributed by atoms with Crippen LogP contribution < -0.4 is 16.4 Å². The molecule has 0 saturated carbocycles. The first kappa shape index (κ1) is 16.5. The number of rotatable bonds is 2. The van der Waals surface area contributed by atoms with E-state index in [9.17, 15) is 9.59 Å². The van der Waals surface area contributed by atoms with Gasteiger partial charge in [0.05, 0.1) is 11.4 Å². The molecule has 2 rings (SSSR count). The number of carbonyl (C=O) groups is 2. The molecule has 2 aromatic rings. The predicted octanol–water partition coefficient (Wildman–Crippen LogP) is 3.08. The van der Waals surface area contributed by atoms with Crippen LogP contribution in [0.15, 0.2) is 30.3 Å². The molecule has 0 spiro atoms. The maximum Gasteiger partial charge on any atom is 0.314 e. The van der Waals surface area contributed by atoms with Gasteiger partial charge in [0, 0.05) is 5.69 Å². The third-order valence-corrected chi connectivity index (χ3v) is 3.58. The van der Waals surface area contributed by atoms with Gasteiger partial charge in [-0.05, 0) is 56.5 Å². The molecular weight excluding hydrogens is 290 g/mol. The molecule has 0 aliphatic heterocycles. The Kier molecular flexibility index (Phi) is 4.69. The summed E-state index contributed by atoms with van der Waals surface area (Å²) in [5, 5.41) is 5.21. The summed E-state index contributed by atoms with van der Waals surface area (Å²) in [6.45, 7) is 7.66. The monoisotopic (exact) mass is 311 g/mol. The molecule has 0 bridgehead atoms. The first-order chi connectivity index (χ1) is 10.8. The van der Waals surface area contributed by atoms with Crippen LogP contribution in [0.5, 0.6) is 0 Å². The van der Waals surface area contributed by atoms with Crippen molar-refractivity contribution in [3.63, 3.8) is 0 Å². The van der Waals surface area contributed by atoms with Crippen molar-refractivity contribution < 1.29 is 9.59 Å².